The summed E-state index contributed by atoms with van der Waals surface area (Å²) in [6.07, 6.45) is 0.114. The Kier molecular flexibility index (Phi) is 5.03. The highest BCUT2D eigenvalue weighted by Gasteiger charge is 2.40. The Balaban J connectivity index is 1.57. The van der Waals surface area contributed by atoms with E-state index in [4.69, 9.17) is 27.9 Å². The second-order valence-electron chi connectivity index (χ2n) is 5.79. The van der Waals surface area contributed by atoms with Gasteiger partial charge in [-0.05, 0) is 30.3 Å². The first-order valence-corrected chi connectivity index (χ1v) is 10.3. The van der Waals surface area contributed by atoms with Crippen LogP contribution in [0.15, 0.2) is 40.7 Å². The van der Waals surface area contributed by atoms with Gasteiger partial charge in [0.15, 0.2) is 4.34 Å². The molecule has 1 aromatic heterocycles. The number of thioether (sulfide) groups is 1. The number of carbonyl (C=O) groups excluding carboxylic acids is 2. The van der Waals surface area contributed by atoms with Crippen LogP contribution in [0.3, 0.4) is 0 Å². The van der Waals surface area contributed by atoms with Gasteiger partial charge in [0.25, 0.3) is 0 Å². The highest BCUT2D eigenvalue weighted by molar-refractivity contribution is 8.02. The van der Waals surface area contributed by atoms with Crippen LogP contribution in [-0.4, -0.2) is 29.2 Å². The van der Waals surface area contributed by atoms with Crippen LogP contribution in [0.1, 0.15) is 6.42 Å². The summed E-state index contributed by atoms with van der Waals surface area (Å²) in [6.45, 7) is 0. The summed E-state index contributed by atoms with van der Waals surface area (Å²) in [5.74, 6) is 0.182. The molecule has 1 aliphatic heterocycles. The van der Waals surface area contributed by atoms with Gasteiger partial charge >= 0.3 is 0 Å². The number of thiazole rings is 1. The third-order valence-electron chi connectivity index (χ3n) is 4.08. The molecule has 1 atom stereocenters. The Morgan fingerprint density at radius 1 is 1.19 bits per heavy atom. The van der Waals surface area contributed by atoms with E-state index in [1.165, 1.54) is 29.2 Å². The topological polar surface area (TPSA) is 59.5 Å². The van der Waals surface area contributed by atoms with Crippen LogP contribution in [0.25, 0.3) is 10.2 Å². The highest BCUT2D eigenvalue weighted by Crippen LogP contribution is 2.39. The number of halogens is 2. The van der Waals surface area contributed by atoms with Crippen LogP contribution in [0.5, 0.6) is 5.75 Å². The molecule has 0 bridgehead atoms. The zero-order valence-electron chi connectivity index (χ0n) is 13.9. The molecular formula is C18H12Cl2N2O3S2. The Morgan fingerprint density at radius 2 is 2.00 bits per heavy atom. The number of hydrogen-bond acceptors (Lipinski definition) is 6. The van der Waals surface area contributed by atoms with E-state index in [0.717, 1.165) is 25.2 Å². The lowest BCUT2D eigenvalue weighted by atomic mass is 10.3. The fourth-order valence-electron chi connectivity index (χ4n) is 2.78. The van der Waals surface area contributed by atoms with Crippen molar-refractivity contribution in [2.75, 3.05) is 12.0 Å². The van der Waals surface area contributed by atoms with E-state index in [0.29, 0.717) is 15.7 Å². The van der Waals surface area contributed by atoms with E-state index in [1.54, 1.807) is 19.2 Å². The first-order chi connectivity index (χ1) is 13.0. The number of anilines is 1. The van der Waals surface area contributed by atoms with Crippen molar-refractivity contribution in [3.63, 3.8) is 0 Å². The maximum Gasteiger partial charge on any atom is 0.247 e. The van der Waals surface area contributed by atoms with Crippen LogP contribution in [0.4, 0.5) is 5.69 Å². The number of methoxy groups -OCH3 is 1. The van der Waals surface area contributed by atoms with Gasteiger partial charge in [-0.3, -0.25) is 9.59 Å². The first-order valence-electron chi connectivity index (χ1n) is 7.89. The summed E-state index contributed by atoms with van der Waals surface area (Å²) in [4.78, 5) is 30.9. The van der Waals surface area contributed by atoms with Crippen LogP contribution in [-0.2, 0) is 9.59 Å². The van der Waals surface area contributed by atoms with Gasteiger partial charge < -0.3 is 4.74 Å². The van der Waals surface area contributed by atoms with Gasteiger partial charge in [0.05, 0.1) is 33.1 Å². The minimum Gasteiger partial charge on any atom is -0.497 e. The van der Waals surface area contributed by atoms with E-state index in [2.05, 4.69) is 4.98 Å². The van der Waals surface area contributed by atoms with Crippen molar-refractivity contribution in [3.05, 3.63) is 46.4 Å². The number of benzene rings is 2. The molecule has 27 heavy (non-hydrogen) atoms. The predicted octanol–water partition coefficient (Wildman–Crippen LogP) is 5.04. The molecule has 138 valence electrons. The van der Waals surface area contributed by atoms with Crippen LogP contribution < -0.4 is 9.64 Å². The molecule has 2 aromatic carbocycles. The SMILES string of the molecule is COc1ccc2sc(S[C@H]3CC(=O)N(c4ccc(Cl)c(Cl)c4)C3=O)nc2c1. The van der Waals surface area contributed by atoms with Gasteiger partial charge in [-0.25, -0.2) is 9.88 Å². The maximum absolute atomic E-state index is 12.8. The number of amides is 2. The summed E-state index contributed by atoms with van der Waals surface area (Å²) >= 11 is 14.7. The number of ether oxygens (including phenoxy) is 1. The van der Waals surface area contributed by atoms with E-state index < -0.39 is 5.25 Å². The second-order valence-corrected chi connectivity index (χ2v) is 9.08. The number of aromatic nitrogens is 1. The normalized spacial score (nSPS) is 17.1. The molecule has 1 fully saturated rings. The molecule has 0 aliphatic carbocycles. The lowest BCUT2D eigenvalue weighted by Gasteiger charge is -2.15. The largest absolute Gasteiger partial charge is 0.497 e. The van der Waals surface area contributed by atoms with Crippen molar-refractivity contribution in [1.82, 2.24) is 4.98 Å². The van der Waals surface area contributed by atoms with Gasteiger partial charge in [0.2, 0.25) is 11.8 Å². The van der Waals surface area contributed by atoms with Crippen LogP contribution >= 0.6 is 46.3 Å². The summed E-state index contributed by atoms with van der Waals surface area (Å²) in [5.41, 5.74) is 1.23. The average Bonchev–Trinajstić information content (AvgIpc) is 3.17. The van der Waals surface area contributed by atoms with Gasteiger partial charge in [-0.2, -0.15) is 0 Å². The summed E-state index contributed by atoms with van der Waals surface area (Å²) in [5, 5.41) is 0.149. The number of imide groups is 1. The summed E-state index contributed by atoms with van der Waals surface area (Å²) in [6, 6.07) is 10.4. The fraction of sp³-hybridized carbons (Fsp3) is 0.167. The van der Waals surface area contributed by atoms with Gasteiger partial charge in [-0.1, -0.05) is 35.0 Å². The predicted molar refractivity (Wildman–Crippen MR) is 109 cm³/mol. The first kappa shape index (κ1) is 18.6. The molecule has 0 spiro atoms. The molecule has 2 amide bonds. The molecule has 0 N–H and O–H groups in total. The Morgan fingerprint density at radius 3 is 2.74 bits per heavy atom. The third-order valence-corrected chi connectivity index (χ3v) is 7.14. The smallest absolute Gasteiger partial charge is 0.247 e. The zero-order valence-corrected chi connectivity index (χ0v) is 17.1. The molecule has 4 rings (SSSR count). The number of rotatable bonds is 4. The van der Waals surface area contributed by atoms with Crippen LogP contribution in [0, 0.1) is 0 Å². The number of nitrogens with zero attached hydrogens (tertiary/aromatic N) is 2. The van der Waals surface area contributed by atoms with Crippen molar-refractivity contribution >= 4 is 74.0 Å². The molecule has 2 heterocycles. The Bertz CT molecular complexity index is 1070. The van der Waals surface area contributed by atoms with E-state index in [1.807, 2.05) is 18.2 Å². The standard InChI is InChI=1S/C18H12Cl2N2O3S2/c1-25-10-3-5-14-13(7-10)21-18(26-14)27-15-8-16(23)22(17(15)24)9-2-4-11(19)12(20)6-9/h2-7,15H,8H2,1H3/t15-/m0/s1. The monoisotopic (exact) mass is 438 g/mol. The molecule has 5 nitrogen and oxygen atoms in total. The number of hydrogen-bond donors (Lipinski definition) is 0. The lowest BCUT2D eigenvalue weighted by molar-refractivity contribution is -0.121. The van der Waals surface area contributed by atoms with Crippen molar-refractivity contribution in [2.24, 2.45) is 0 Å². The third kappa shape index (κ3) is 3.52. The van der Waals surface area contributed by atoms with Gasteiger partial charge in [-0.15, -0.1) is 11.3 Å². The second kappa shape index (κ2) is 7.31. The molecule has 0 unspecified atom stereocenters. The lowest BCUT2D eigenvalue weighted by Crippen LogP contribution is -2.31. The minimum atomic E-state index is -0.519. The molecule has 0 radical (unpaired) electrons. The Labute approximate surface area is 173 Å². The van der Waals surface area contributed by atoms with E-state index >= 15 is 0 Å². The highest BCUT2D eigenvalue weighted by atomic mass is 35.5. The van der Waals surface area contributed by atoms with Crippen LogP contribution in [0.2, 0.25) is 10.0 Å². The number of fused-ring (bicyclic) bond motifs is 1. The molecule has 3 aromatic rings. The summed E-state index contributed by atoms with van der Waals surface area (Å²) < 4.78 is 6.94. The maximum atomic E-state index is 12.8. The summed E-state index contributed by atoms with van der Waals surface area (Å²) in [7, 11) is 1.60. The van der Waals surface area contributed by atoms with Gasteiger partial charge in [0.1, 0.15) is 11.0 Å². The molecule has 1 saturated heterocycles. The Hall–Kier alpha value is -1.80. The van der Waals surface area contributed by atoms with Gasteiger partial charge in [0, 0.05) is 12.5 Å². The minimum absolute atomic E-state index is 0.114. The van der Waals surface area contributed by atoms with Crippen molar-refractivity contribution in [3.8, 4) is 5.75 Å². The average molecular weight is 439 g/mol. The molecule has 0 saturated carbocycles. The molecule has 1 aliphatic rings. The molecular weight excluding hydrogens is 427 g/mol. The van der Waals surface area contributed by atoms with Crippen molar-refractivity contribution in [2.45, 2.75) is 16.0 Å². The van der Waals surface area contributed by atoms with Crippen molar-refractivity contribution < 1.29 is 14.3 Å². The zero-order chi connectivity index (χ0) is 19.1. The number of carbonyl (C=O) groups is 2. The van der Waals surface area contributed by atoms with E-state index in [-0.39, 0.29) is 18.2 Å². The quantitative estimate of drug-likeness (QED) is 0.534. The molecule has 9 heteroatoms. The van der Waals surface area contributed by atoms with Crippen molar-refractivity contribution in [1.29, 1.82) is 0 Å². The van der Waals surface area contributed by atoms with E-state index in [9.17, 15) is 9.59 Å². The fourth-order valence-corrected chi connectivity index (χ4v) is 5.38.